The molecule has 1 atom stereocenters. The van der Waals surface area contributed by atoms with Gasteiger partial charge in [0.05, 0.1) is 12.4 Å². The van der Waals surface area contributed by atoms with Crippen molar-refractivity contribution >= 4 is 9.84 Å². The summed E-state index contributed by atoms with van der Waals surface area (Å²) in [6.07, 6.45) is 2.88. The molecule has 0 aliphatic heterocycles. The highest BCUT2D eigenvalue weighted by atomic mass is 32.2. The maximum Gasteiger partial charge on any atom is 0.161 e. The van der Waals surface area contributed by atoms with Crippen LogP contribution in [0.25, 0.3) is 0 Å². The van der Waals surface area contributed by atoms with Gasteiger partial charge in [0.2, 0.25) is 0 Å². The van der Waals surface area contributed by atoms with E-state index >= 15 is 0 Å². The van der Waals surface area contributed by atoms with Crippen LogP contribution in [0.4, 0.5) is 0 Å². The fraction of sp³-hybridized carbons (Fsp3) is 0.600. The van der Waals surface area contributed by atoms with Gasteiger partial charge in [0, 0.05) is 12.3 Å². The summed E-state index contributed by atoms with van der Waals surface area (Å²) in [4.78, 5) is 0. The Morgan fingerprint density at radius 2 is 1.90 bits per heavy atom. The second-order valence-corrected chi connectivity index (χ2v) is 7.32. The molecule has 0 amide bonds. The highest BCUT2D eigenvalue weighted by Gasteiger charge is 2.10. The number of hydrogen-bond acceptors (Lipinski definition) is 5. The molecule has 120 valence electrons. The van der Waals surface area contributed by atoms with Crippen LogP contribution in [-0.2, 0) is 16.3 Å². The summed E-state index contributed by atoms with van der Waals surface area (Å²) in [6.45, 7) is 4.58. The van der Waals surface area contributed by atoms with Crippen molar-refractivity contribution in [1.82, 2.24) is 0 Å². The van der Waals surface area contributed by atoms with Gasteiger partial charge in [0.15, 0.2) is 21.3 Å². The van der Waals surface area contributed by atoms with E-state index in [4.69, 9.17) is 15.2 Å². The molecule has 6 heteroatoms. The molecular formula is C15H25NO4S. The monoisotopic (exact) mass is 315 g/mol. The van der Waals surface area contributed by atoms with Crippen molar-refractivity contribution in [2.75, 3.05) is 25.2 Å². The quantitative estimate of drug-likeness (QED) is 0.751. The van der Waals surface area contributed by atoms with Crippen LogP contribution in [0.2, 0.25) is 0 Å². The zero-order valence-electron chi connectivity index (χ0n) is 13.0. The molecule has 0 bridgehead atoms. The van der Waals surface area contributed by atoms with Crippen molar-refractivity contribution in [3.8, 4) is 11.5 Å². The number of hydrogen-bond donors (Lipinski definition) is 1. The van der Waals surface area contributed by atoms with Gasteiger partial charge in [-0.3, -0.25) is 0 Å². The first kappa shape index (κ1) is 17.8. The molecule has 0 fully saturated rings. The molecule has 0 saturated carbocycles. The highest BCUT2D eigenvalue weighted by molar-refractivity contribution is 7.90. The van der Waals surface area contributed by atoms with Gasteiger partial charge in [0.1, 0.15) is 6.61 Å². The van der Waals surface area contributed by atoms with E-state index in [1.54, 1.807) is 0 Å². The maximum atomic E-state index is 11.1. The Hall–Kier alpha value is -1.27. The molecule has 0 aliphatic rings. The third-order valence-corrected chi connectivity index (χ3v) is 3.95. The zero-order chi connectivity index (χ0) is 15.9. The Bertz CT molecular complexity index is 543. The number of rotatable bonds is 9. The van der Waals surface area contributed by atoms with Gasteiger partial charge in [0.25, 0.3) is 0 Å². The van der Waals surface area contributed by atoms with Gasteiger partial charge in [-0.05, 0) is 37.5 Å². The van der Waals surface area contributed by atoms with E-state index in [0.29, 0.717) is 18.1 Å². The summed E-state index contributed by atoms with van der Waals surface area (Å²) in [7, 11) is -3.03. The van der Waals surface area contributed by atoms with Gasteiger partial charge < -0.3 is 15.2 Å². The van der Waals surface area contributed by atoms with E-state index in [0.717, 1.165) is 18.4 Å². The largest absolute Gasteiger partial charge is 0.490 e. The van der Waals surface area contributed by atoms with E-state index in [1.165, 1.54) is 6.26 Å². The molecule has 1 aromatic carbocycles. The Morgan fingerprint density at radius 1 is 1.19 bits per heavy atom. The predicted molar refractivity (Wildman–Crippen MR) is 84.8 cm³/mol. The Morgan fingerprint density at radius 3 is 2.48 bits per heavy atom. The number of ether oxygens (including phenoxy) is 2. The Labute approximate surface area is 127 Å². The molecular weight excluding hydrogens is 290 g/mol. The van der Waals surface area contributed by atoms with Crippen molar-refractivity contribution in [1.29, 1.82) is 0 Å². The lowest BCUT2D eigenvalue weighted by molar-refractivity contribution is 0.288. The minimum atomic E-state index is -3.03. The summed E-state index contributed by atoms with van der Waals surface area (Å²) in [5.41, 5.74) is 7.04. The zero-order valence-corrected chi connectivity index (χ0v) is 13.8. The van der Waals surface area contributed by atoms with E-state index in [-0.39, 0.29) is 18.4 Å². The topological polar surface area (TPSA) is 78.6 Å². The average molecular weight is 315 g/mol. The minimum absolute atomic E-state index is 0.0129. The van der Waals surface area contributed by atoms with Gasteiger partial charge in [-0.15, -0.1) is 0 Å². The van der Waals surface area contributed by atoms with Crippen LogP contribution in [0.15, 0.2) is 18.2 Å². The molecule has 21 heavy (non-hydrogen) atoms. The Balaban J connectivity index is 2.78. The molecule has 0 aromatic heterocycles. The lowest BCUT2D eigenvalue weighted by Gasteiger charge is -2.14. The van der Waals surface area contributed by atoms with Crippen LogP contribution in [0.5, 0.6) is 11.5 Å². The number of nitrogens with two attached hydrogens (primary N) is 1. The molecule has 0 radical (unpaired) electrons. The van der Waals surface area contributed by atoms with Crippen molar-refractivity contribution < 1.29 is 17.9 Å². The van der Waals surface area contributed by atoms with Crippen LogP contribution in [0.3, 0.4) is 0 Å². The maximum absolute atomic E-state index is 11.1. The van der Waals surface area contributed by atoms with Crippen LogP contribution in [-0.4, -0.2) is 39.7 Å². The molecule has 0 saturated heterocycles. The first-order valence-electron chi connectivity index (χ1n) is 7.17. The third-order valence-electron chi connectivity index (χ3n) is 3.04. The summed E-state index contributed by atoms with van der Waals surface area (Å²) >= 11 is 0. The lowest BCUT2D eigenvalue weighted by Crippen LogP contribution is -2.21. The second kappa shape index (κ2) is 8.24. The first-order valence-corrected chi connectivity index (χ1v) is 9.23. The van der Waals surface area contributed by atoms with Crippen molar-refractivity contribution in [3.05, 3.63) is 23.8 Å². The van der Waals surface area contributed by atoms with Gasteiger partial charge in [-0.2, -0.15) is 0 Å². The lowest BCUT2D eigenvalue weighted by atomic mass is 10.0. The third kappa shape index (κ3) is 6.82. The van der Waals surface area contributed by atoms with Crippen LogP contribution >= 0.6 is 0 Å². The highest BCUT2D eigenvalue weighted by Crippen LogP contribution is 2.29. The van der Waals surface area contributed by atoms with Gasteiger partial charge in [-0.25, -0.2) is 8.42 Å². The minimum Gasteiger partial charge on any atom is -0.490 e. The standard InChI is InChI=1S/C15H25NO4S/c1-4-13(16)10-12-6-7-14(15(11-12)19-5-2)20-8-9-21(3,17)18/h6-7,11,13H,4-5,8-10,16H2,1-3H3. The summed E-state index contributed by atoms with van der Waals surface area (Å²) in [6, 6.07) is 5.78. The van der Waals surface area contributed by atoms with E-state index in [9.17, 15) is 8.42 Å². The van der Waals surface area contributed by atoms with Gasteiger partial charge >= 0.3 is 0 Å². The SMILES string of the molecule is CCOc1cc(CC(N)CC)ccc1OCCS(C)(=O)=O. The van der Waals surface area contributed by atoms with Gasteiger partial charge in [-0.1, -0.05) is 13.0 Å². The fourth-order valence-corrected chi connectivity index (χ4v) is 2.20. The number of sulfone groups is 1. The van der Waals surface area contributed by atoms with E-state index in [2.05, 4.69) is 6.92 Å². The average Bonchev–Trinajstić information content (AvgIpc) is 2.40. The predicted octanol–water partition coefficient (Wildman–Crippen LogP) is 1.79. The normalized spacial score (nSPS) is 13.0. The fourth-order valence-electron chi connectivity index (χ4n) is 1.82. The second-order valence-electron chi connectivity index (χ2n) is 5.06. The van der Waals surface area contributed by atoms with E-state index in [1.807, 2.05) is 25.1 Å². The van der Waals surface area contributed by atoms with Crippen molar-refractivity contribution in [2.24, 2.45) is 5.73 Å². The molecule has 5 nitrogen and oxygen atoms in total. The molecule has 2 N–H and O–H groups in total. The number of benzene rings is 1. The smallest absolute Gasteiger partial charge is 0.161 e. The van der Waals surface area contributed by atoms with E-state index < -0.39 is 9.84 Å². The summed E-state index contributed by atoms with van der Waals surface area (Å²) in [5.74, 6) is 1.18. The molecule has 0 heterocycles. The van der Waals surface area contributed by atoms with Crippen LogP contribution in [0.1, 0.15) is 25.8 Å². The van der Waals surface area contributed by atoms with Crippen LogP contribution in [0, 0.1) is 0 Å². The summed E-state index contributed by atoms with van der Waals surface area (Å²) < 4.78 is 33.3. The first-order chi connectivity index (χ1) is 9.85. The molecule has 1 unspecified atom stereocenters. The molecule has 0 aliphatic carbocycles. The molecule has 1 aromatic rings. The van der Waals surface area contributed by atoms with Crippen molar-refractivity contribution in [2.45, 2.75) is 32.7 Å². The Kier molecular flexibility index (Phi) is 6.98. The van der Waals surface area contributed by atoms with Crippen LogP contribution < -0.4 is 15.2 Å². The summed E-state index contributed by atoms with van der Waals surface area (Å²) in [5, 5.41) is 0. The van der Waals surface area contributed by atoms with Crippen molar-refractivity contribution in [3.63, 3.8) is 0 Å². The molecule has 0 spiro atoms. The molecule has 1 rings (SSSR count).